The van der Waals surface area contributed by atoms with E-state index in [1.54, 1.807) is 24.3 Å². The van der Waals surface area contributed by atoms with Crippen LogP contribution in [0.25, 0.3) is 5.57 Å². The Kier molecular flexibility index (Phi) is 7.79. The Hall–Kier alpha value is -3.20. The molecule has 2 fully saturated rings. The number of benzene rings is 2. The summed E-state index contributed by atoms with van der Waals surface area (Å²) in [6.07, 6.45) is 1.60. The molecule has 2 saturated heterocycles. The molecule has 2 heterocycles. The molecule has 3 aliphatic rings. The van der Waals surface area contributed by atoms with Crippen LogP contribution in [0, 0.1) is 11.2 Å². The van der Waals surface area contributed by atoms with Crippen molar-refractivity contribution in [3.05, 3.63) is 77.1 Å². The van der Waals surface area contributed by atoms with E-state index < -0.39 is 23.1 Å². The number of allylic oxidation sites excluding steroid dienone is 2. The van der Waals surface area contributed by atoms with E-state index in [1.807, 2.05) is 0 Å². The van der Waals surface area contributed by atoms with Crippen molar-refractivity contribution >= 4 is 17.4 Å². The van der Waals surface area contributed by atoms with Crippen LogP contribution in [-0.4, -0.2) is 49.6 Å². The molecule has 1 spiro atoms. The number of halogens is 4. The maximum atomic E-state index is 14.9. The van der Waals surface area contributed by atoms with Crippen LogP contribution in [-0.2, 0) is 19.9 Å². The number of amides is 2. The normalized spacial score (nSPS) is 22.8. The van der Waals surface area contributed by atoms with E-state index in [0.29, 0.717) is 24.9 Å². The van der Waals surface area contributed by atoms with Crippen LogP contribution in [0.15, 0.2) is 54.6 Å². The standard InChI is InChI=1S/C31H34F4N2O3/c1-40-30(31(33,34)35,24-9-5-8-23(18-24)21-6-3-2-4-7-21)28(39)37-16-14-29(15-17-37)19-27(38)36-20-26(29)22-10-12-25(32)13-11-22/h5-6,8-13,18,26H,2-4,7,14-17,19-20H2,1H3,(H,36,38)/t26-,30+/m0/s1. The molecule has 0 unspecified atom stereocenters. The fourth-order valence-electron chi connectivity index (χ4n) is 6.77. The Balaban J connectivity index is 1.44. The van der Waals surface area contributed by atoms with Gasteiger partial charge in [0.1, 0.15) is 5.82 Å². The fraction of sp³-hybridized carbons (Fsp3) is 0.484. The SMILES string of the molecule is CO[C@@](C(=O)N1CCC2(CC1)CC(=O)NC[C@H]2c1ccc(F)cc1)(c1cccc(C2=CCCCC2)c1)C(F)(F)F. The zero-order valence-electron chi connectivity index (χ0n) is 22.5. The number of carbonyl (C=O) groups is 2. The molecule has 2 atom stereocenters. The zero-order valence-corrected chi connectivity index (χ0v) is 22.5. The lowest BCUT2D eigenvalue weighted by Gasteiger charge is -2.50. The molecule has 2 aromatic rings. The molecular formula is C31H34F4N2O3. The molecule has 2 aromatic carbocycles. The molecule has 1 aliphatic carbocycles. The van der Waals surface area contributed by atoms with Gasteiger partial charge in [-0.25, -0.2) is 4.39 Å². The Morgan fingerprint density at radius 3 is 2.42 bits per heavy atom. The number of piperidine rings is 2. The highest BCUT2D eigenvalue weighted by atomic mass is 19.4. The number of likely N-dealkylation sites (tertiary alicyclic amines) is 1. The van der Waals surface area contributed by atoms with E-state index in [9.17, 15) is 27.2 Å². The first-order valence-electron chi connectivity index (χ1n) is 13.8. The average Bonchev–Trinajstić information content (AvgIpc) is 2.95. The molecular weight excluding hydrogens is 524 g/mol. The number of rotatable bonds is 5. The van der Waals surface area contributed by atoms with E-state index in [4.69, 9.17) is 4.74 Å². The summed E-state index contributed by atoms with van der Waals surface area (Å²) in [6.45, 7) is 0.456. The van der Waals surface area contributed by atoms with Crippen LogP contribution in [0.3, 0.4) is 0 Å². The minimum Gasteiger partial charge on any atom is -0.356 e. The lowest BCUT2D eigenvalue weighted by molar-refractivity contribution is -0.271. The summed E-state index contributed by atoms with van der Waals surface area (Å²) in [5.74, 6) is -1.79. The van der Waals surface area contributed by atoms with Gasteiger partial charge in [0.25, 0.3) is 11.5 Å². The number of nitrogens with zero attached hydrogens (tertiary/aromatic N) is 1. The number of hydrogen-bond acceptors (Lipinski definition) is 3. The number of hydrogen-bond donors (Lipinski definition) is 1. The maximum absolute atomic E-state index is 14.9. The van der Waals surface area contributed by atoms with Gasteiger partial charge in [-0.3, -0.25) is 9.59 Å². The second-order valence-electron chi connectivity index (χ2n) is 11.2. The minimum absolute atomic E-state index is 0.0514. The van der Waals surface area contributed by atoms with Crippen molar-refractivity contribution in [2.45, 2.75) is 62.6 Å². The monoisotopic (exact) mass is 558 g/mol. The molecule has 40 heavy (non-hydrogen) atoms. The quantitative estimate of drug-likeness (QED) is 0.452. The Morgan fingerprint density at radius 1 is 1.07 bits per heavy atom. The fourth-order valence-corrected chi connectivity index (χ4v) is 6.77. The molecule has 1 N–H and O–H groups in total. The van der Waals surface area contributed by atoms with E-state index >= 15 is 0 Å². The molecule has 5 rings (SSSR count). The molecule has 2 amide bonds. The predicted octanol–water partition coefficient (Wildman–Crippen LogP) is 6.10. The molecule has 214 valence electrons. The van der Waals surface area contributed by atoms with E-state index in [-0.39, 0.29) is 42.7 Å². The van der Waals surface area contributed by atoms with Gasteiger partial charge in [-0.1, -0.05) is 36.4 Å². The molecule has 9 heteroatoms. The van der Waals surface area contributed by atoms with Gasteiger partial charge in [0.05, 0.1) is 0 Å². The lowest BCUT2D eigenvalue weighted by Crippen LogP contribution is -2.60. The first-order chi connectivity index (χ1) is 19.1. The van der Waals surface area contributed by atoms with Gasteiger partial charge in [-0.05, 0) is 78.8 Å². The number of alkyl halides is 3. The largest absolute Gasteiger partial charge is 0.430 e. The summed E-state index contributed by atoms with van der Waals surface area (Å²) < 4.78 is 63.4. The smallest absolute Gasteiger partial charge is 0.356 e. The van der Waals surface area contributed by atoms with Crippen molar-refractivity contribution in [2.75, 3.05) is 26.7 Å². The summed E-state index contributed by atoms with van der Waals surface area (Å²) in [7, 11) is 0.930. The van der Waals surface area contributed by atoms with E-state index in [2.05, 4.69) is 11.4 Å². The summed E-state index contributed by atoms with van der Waals surface area (Å²) in [5.41, 5.74) is -1.42. The summed E-state index contributed by atoms with van der Waals surface area (Å²) >= 11 is 0. The van der Waals surface area contributed by atoms with Crippen molar-refractivity contribution < 1.29 is 31.9 Å². The maximum Gasteiger partial charge on any atom is 0.430 e. The van der Waals surface area contributed by atoms with Gasteiger partial charge in [0, 0.05) is 44.6 Å². The van der Waals surface area contributed by atoms with Crippen molar-refractivity contribution in [1.82, 2.24) is 10.2 Å². The first kappa shape index (κ1) is 28.3. The highest BCUT2D eigenvalue weighted by molar-refractivity contribution is 5.88. The molecule has 0 radical (unpaired) electrons. The van der Waals surface area contributed by atoms with E-state index in [0.717, 1.165) is 43.9 Å². The van der Waals surface area contributed by atoms with Gasteiger partial charge >= 0.3 is 6.18 Å². The minimum atomic E-state index is -5.01. The average molecular weight is 559 g/mol. The van der Waals surface area contributed by atoms with Crippen LogP contribution >= 0.6 is 0 Å². The van der Waals surface area contributed by atoms with Crippen LogP contribution in [0.2, 0.25) is 0 Å². The predicted molar refractivity (Wildman–Crippen MR) is 143 cm³/mol. The van der Waals surface area contributed by atoms with Crippen molar-refractivity contribution in [3.8, 4) is 0 Å². The van der Waals surface area contributed by atoms with Gasteiger partial charge in [0.15, 0.2) is 0 Å². The van der Waals surface area contributed by atoms with Crippen LogP contribution in [0.1, 0.15) is 67.6 Å². The van der Waals surface area contributed by atoms with Gasteiger partial charge in [-0.2, -0.15) is 13.2 Å². The number of nitrogens with one attached hydrogen (secondary N) is 1. The van der Waals surface area contributed by atoms with Crippen molar-refractivity contribution in [2.24, 2.45) is 5.41 Å². The third-order valence-corrected chi connectivity index (χ3v) is 9.01. The Morgan fingerprint density at radius 2 is 1.80 bits per heavy atom. The van der Waals surface area contributed by atoms with Gasteiger partial charge < -0.3 is 15.0 Å². The highest BCUT2D eigenvalue weighted by Crippen LogP contribution is 2.50. The first-order valence-corrected chi connectivity index (χ1v) is 13.8. The number of ether oxygens (including phenoxy) is 1. The molecule has 0 bridgehead atoms. The lowest BCUT2D eigenvalue weighted by atomic mass is 9.62. The summed E-state index contributed by atoms with van der Waals surface area (Å²) in [4.78, 5) is 27.5. The molecule has 5 nitrogen and oxygen atoms in total. The molecule has 0 aromatic heterocycles. The second kappa shape index (κ2) is 11.0. The Labute approximate surface area is 231 Å². The van der Waals surface area contributed by atoms with Crippen molar-refractivity contribution in [3.63, 3.8) is 0 Å². The summed E-state index contributed by atoms with van der Waals surface area (Å²) in [5, 5.41) is 2.87. The summed E-state index contributed by atoms with van der Waals surface area (Å²) in [6, 6.07) is 12.2. The van der Waals surface area contributed by atoms with Crippen LogP contribution in [0.4, 0.5) is 17.6 Å². The van der Waals surface area contributed by atoms with Gasteiger partial charge in [-0.15, -0.1) is 0 Å². The van der Waals surface area contributed by atoms with Crippen molar-refractivity contribution in [1.29, 1.82) is 0 Å². The second-order valence-corrected chi connectivity index (χ2v) is 11.2. The van der Waals surface area contributed by atoms with E-state index in [1.165, 1.54) is 29.2 Å². The van der Waals surface area contributed by atoms with Crippen LogP contribution < -0.4 is 5.32 Å². The van der Waals surface area contributed by atoms with Crippen LogP contribution in [0.5, 0.6) is 0 Å². The van der Waals surface area contributed by atoms with Gasteiger partial charge in [0.2, 0.25) is 5.91 Å². The Bertz CT molecular complexity index is 1280. The third kappa shape index (κ3) is 5.04. The number of methoxy groups -OCH3 is 1. The topological polar surface area (TPSA) is 58.6 Å². The molecule has 0 saturated carbocycles. The zero-order chi connectivity index (χ0) is 28.5. The molecule has 2 aliphatic heterocycles. The third-order valence-electron chi connectivity index (χ3n) is 9.01. The number of carbonyl (C=O) groups excluding carboxylic acids is 2. The highest BCUT2D eigenvalue weighted by Gasteiger charge is 2.64.